The summed E-state index contributed by atoms with van der Waals surface area (Å²) in [6.07, 6.45) is 4.30. The van der Waals surface area contributed by atoms with Gasteiger partial charge >= 0.3 is 0 Å². The number of carbonyl (C=O) groups is 2. The fourth-order valence-corrected chi connectivity index (χ4v) is 2.66. The van der Waals surface area contributed by atoms with Crippen molar-refractivity contribution in [2.45, 2.75) is 25.4 Å². The van der Waals surface area contributed by atoms with Crippen LogP contribution in [0.1, 0.15) is 41.6 Å². The third kappa shape index (κ3) is 1.76. The van der Waals surface area contributed by atoms with Gasteiger partial charge in [0.25, 0.3) is 11.8 Å². The van der Waals surface area contributed by atoms with Crippen LogP contribution in [0.2, 0.25) is 0 Å². The summed E-state index contributed by atoms with van der Waals surface area (Å²) in [4.78, 5) is 37.3. The van der Waals surface area contributed by atoms with Gasteiger partial charge in [0.2, 0.25) is 0 Å². The Kier molecular flexibility index (Phi) is 2.48. The third-order valence-corrected chi connectivity index (χ3v) is 3.78. The molecule has 3 rings (SSSR count). The molecule has 104 valence electrons. The van der Waals surface area contributed by atoms with E-state index in [0.717, 1.165) is 6.07 Å². The number of fused-ring (bicyclic) bond motifs is 4. The van der Waals surface area contributed by atoms with E-state index in [0.29, 0.717) is 6.54 Å². The van der Waals surface area contributed by atoms with Crippen molar-refractivity contribution in [2.24, 2.45) is 5.73 Å². The second-order valence-corrected chi connectivity index (χ2v) is 5.05. The molecule has 3 unspecified atom stereocenters. The number of rotatable bonds is 1. The highest BCUT2D eigenvalue weighted by molar-refractivity contribution is 5.96. The molecule has 2 aliphatic heterocycles. The zero-order valence-electron chi connectivity index (χ0n) is 11.9. The van der Waals surface area contributed by atoms with Gasteiger partial charge < -0.3 is 15.2 Å². The SMILES string of the molecule is [2H]C1C=CC(C)N2CC1n1cc(C(N)=O)c(=O)cc1C2=O. The topological polar surface area (TPSA) is 85.4 Å². The maximum atomic E-state index is 12.5. The quantitative estimate of drug-likeness (QED) is 0.747. The minimum atomic E-state index is -0.829. The van der Waals surface area contributed by atoms with Crippen molar-refractivity contribution in [1.82, 2.24) is 9.47 Å². The van der Waals surface area contributed by atoms with E-state index in [-0.39, 0.29) is 29.2 Å². The molecule has 20 heavy (non-hydrogen) atoms. The highest BCUT2D eigenvalue weighted by Gasteiger charge is 2.34. The molecule has 0 fully saturated rings. The van der Waals surface area contributed by atoms with Crippen LogP contribution in [0.15, 0.2) is 29.2 Å². The Balaban J connectivity index is 2.24. The normalized spacial score (nSPS) is 28.6. The monoisotopic (exact) mass is 274 g/mol. The van der Waals surface area contributed by atoms with Crippen molar-refractivity contribution >= 4 is 11.8 Å². The summed E-state index contributed by atoms with van der Waals surface area (Å²) in [6, 6.07) is 0.680. The van der Waals surface area contributed by atoms with Gasteiger partial charge in [0.1, 0.15) is 11.3 Å². The highest BCUT2D eigenvalue weighted by atomic mass is 16.2. The van der Waals surface area contributed by atoms with Crippen molar-refractivity contribution in [1.29, 1.82) is 0 Å². The Hall–Kier alpha value is -2.37. The highest BCUT2D eigenvalue weighted by Crippen LogP contribution is 2.28. The zero-order chi connectivity index (χ0) is 15.3. The number of carbonyl (C=O) groups excluding carboxylic acids is 2. The first-order valence-electron chi connectivity index (χ1n) is 6.95. The van der Waals surface area contributed by atoms with Gasteiger partial charge in [0, 0.05) is 26.2 Å². The van der Waals surface area contributed by atoms with Crippen molar-refractivity contribution in [3.63, 3.8) is 0 Å². The molecular formula is C14H15N3O3. The van der Waals surface area contributed by atoms with E-state index in [9.17, 15) is 14.4 Å². The molecule has 3 heterocycles. The number of nitrogens with two attached hydrogens (primary N) is 1. The van der Waals surface area contributed by atoms with Gasteiger partial charge in [-0.2, -0.15) is 0 Å². The molecule has 2 amide bonds. The molecule has 3 atom stereocenters. The summed E-state index contributed by atoms with van der Waals surface area (Å²) in [5.74, 6) is -1.10. The molecule has 2 bridgehead atoms. The Bertz CT molecular complexity index is 725. The van der Waals surface area contributed by atoms with Crippen LogP contribution in [0, 0.1) is 0 Å². The molecule has 6 nitrogen and oxygen atoms in total. The van der Waals surface area contributed by atoms with E-state index in [1.165, 1.54) is 6.20 Å². The van der Waals surface area contributed by atoms with Gasteiger partial charge in [-0.1, -0.05) is 12.2 Å². The first-order chi connectivity index (χ1) is 9.90. The fraction of sp³-hybridized carbons (Fsp3) is 0.357. The minimum absolute atomic E-state index is 0.130. The number of hydrogen-bond donors (Lipinski definition) is 1. The number of primary amides is 1. The molecule has 0 saturated carbocycles. The molecule has 0 radical (unpaired) electrons. The van der Waals surface area contributed by atoms with Crippen molar-refractivity contribution in [3.05, 3.63) is 45.9 Å². The van der Waals surface area contributed by atoms with Crippen LogP contribution in [0.5, 0.6) is 0 Å². The molecule has 0 saturated heterocycles. The molecule has 2 N–H and O–H groups in total. The average Bonchev–Trinajstić information content (AvgIpc) is 2.56. The predicted octanol–water partition coefficient (Wildman–Crippen LogP) is 0.293. The van der Waals surface area contributed by atoms with Crippen molar-refractivity contribution in [2.75, 3.05) is 6.54 Å². The van der Waals surface area contributed by atoms with Crippen LogP contribution in [0.25, 0.3) is 0 Å². The van der Waals surface area contributed by atoms with Crippen LogP contribution in [-0.4, -0.2) is 33.9 Å². The maximum absolute atomic E-state index is 12.5. The third-order valence-electron chi connectivity index (χ3n) is 3.78. The van der Waals surface area contributed by atoms with E-state index < -0.39 is 17.7 Å². The second-order valence-electron chi connectivity index (χ2n) is 5.05. The Morgan fingerprint density at radius 1 is 1.50 bits per heavy atom. The second kappa shape index (κ2) is 4.33. The molecule has 0 spiro atoms. The predicted molar refractivity (Wildman–Crippen MR) is 72.5 cm³/mol. The average molecular weight is 274 g/mol. The van der Waals surface area contributed by atoms with Crippen molar-refractivity contribution < 1.29 is 11.0 Å². The summed E-state index contributed by atoms with van der Waals surface area (Å²) in [7, 11) is 0. The lowest BCUT2D eigenvalue weighted by Crippen LogP contribution is -2.47. The van der Waals surface area contributed by atoms with E-state index in [4.69, 9.17) is 7.10 Å². The fourth-order valence-electron chi connectivity index (χ4n) is 2.66. The van der Waals surface area contributed by atoms with Crippen molar-refractivity contribution in [3.8, 4) is 0 Å². The van der Waals surface area contributed by atoms with Gasteiger partial charge in [-0.3, -0.25) is 14.4 Å². The van der Waals surface area contributed by atoms with E-state index in [1.807, 2.05) is 13.0 Å². The Morgan fingerprint density at radius 3 is 2.95 bits per heavy atom. The minimum Gasteiger partial charge on any atom is -0.365 e. The van der Waals surface area contributed by atoms with Crippen LogP contribution in [0.4, 0.5) is 0 Å². The first kappa shape index (κ1) is 11.5. The Morgan fingerprint density at radius 2 is 2.25 bits per heavy atom. The van der Waals surface area contributed by atoms with Crippen LogP contribution >= 0.6 is 0 Å². The molecule has 1 aromatic heterocycles. The van der Waals surface area contributed by atoms with Gasteiger partial charge in [0.15, 0.2) is 5.43 Å². The summed E-state index contributed by atoms with van der Waals surface area (Å²) in [5, 5.41) is 0. The van der Waals surface area contributed by atoms with E-state index in [1.54, 1.807) is 15.5 Å². The largest absolute Gasteiger partial charge is 0.365 e. The van der Waals surface area contributed by atoms with Crippen LogP contribution in [0.3, 0.4) is 0 Å². The van der Waals surface area contributed by atoms with E-state index >= 15 is 0 Å². The summed E-state index contributed by atoms with van der Waals surface area (Å²) < 4.78 is 9.71. The van der Waals surface area contributed by atoms with Gasteiger partial charge in [-0.25, -0.2) is 0 Å². The number of aromatic nitrogens is 1. The number of pyridine rings is 1. The number of nitrogens with zero attached hydrogens (tertiary/aromatic N) is 2. The molecule has 0 aromatic carbocycles. The number of allylic oxidation sites excluding steroid dienone is 1. The molecule has 1 aromatic rings. The molecule has 6 heteroatoms. The first-order valence-corrected chi connectivity index (χ1v) is 6.37. The summed E-state index contributed by atoms with van der Waals surface area (Å²) >= 11 is 0. The van der Waals surface area contributed by atoms with Crippen LogP contribution in [-0.2, 0) is 0 Å². The zero-order valence-corrected chi connectivity index (χ0v) is 10.9. The number of hydrogen-bond acceptors (Lipinski definition) is 3. The summed E-state index contributed by atoms with van der Waals surface area (Å²) in [5.41, 5.74) is 4.67. The molecule has 0 aliphatic carbocycles. The standard InChI is InChI=1S/C14H15N3O3/c1-8-3-2-4-9-6-16(8)14(20)11-5-12(18)10(13(15)19)7-17(9)11/h2-3,5,7-9H,4,6H2,1H3,(H2,15,19)/i4D. The Labute approximate surface area is 116 Å². The lowest BCUT2D eigenvalue weighted by Gasteiger charge is -2.36. The summed E-state index contributed by atoms with van der Waals surface area (Å²) in [6.45, 7) is 2.24. The molecule has 2 aliphatic rings. The smallest absolute Gasteiger partial charge is 0.271 e. The lowest BCUT2D eigenvalue weighted by molar-refractivity contribution is 0.0636. The van der Waals surface area contributed by atoms with Gasteiger partial charge in [-0.15, -0.1) is 0 Å². The van der Waals surface area contributed by atoms with Gasteiger partial charge in [-0.05, 0) is 13.3 Å². The number of amides is 2. The van der Waals surface area contributed by atoms with Crippen LogP contribution < -0.4 is 11.2 Å². The lowest BCUT2D eigenvalue weighted by atomic mass is 10.1. The molecular weight excluding hydrogens is 258 g/mol. The maximum Gasteiger partial charge on any atom is 0.271 e. The van der Waals surface area contributed by atoms with E-state index in [2.05, 4.69) is 0 Å². The van der Waals surface area contributed by atoms with Gasteiger partial charge in [0.05, 0.1) is 6.04 Å².